The molecular formula is C35H50O3. The van der Waals surface area contributed by atoms with Crippen molar-refractivity contribution in [1.82, 2.24) is 0 Å². The molecule has 3 saturated carbocycles. The third kappa shape index (κ3) is 5.60. The molecule has 3 fully saturated rings. The molecule has 1 aromatic carbocycles. The number of hydrogen-bond acceptors (Lipinski definition) is 2. The van der Waals surface area contributed by atoms with Gasteiger partial charge in [0.1, 0.15) is 0 Å². The molecule has 2 N–H and O–H groups in total. The molecule has 0 radical (unpaired) electrons. The van der Waals surface area contributed by atoms with E-state index >= 15 is 0 Å². The molecule has 38 heavy (non-hydrogen) atoms. The third-order valence-corrected chi connectivity index (χ3v) is 11.0. The van der Waals surface area contributed by atoms with Crippen LogP contribution in [0.1, 0.15) is 96.8 Å². The van der Waals surface area contributed by atoms with Gasteiger partial charge in [-0.15, -0.1) is 0 Å². The summed E-state index contributed by atoms with van der Waals surface area (Å²) in [5.41, 5.74) is 4.40. The summed E-state index contributed by atoms with van der Waals surface area (Å²) in [6, 6.07) is 8.30. The number of carbonyl (C=O) groups is 1. The molecule has 0 heterocycles. The fraction of sp³-hybridized carbons (Fsp3) is 0.629. The Hall–Kier alpha value is -2.13. The number of benzene rings is 1. The predicted molar refractivity (Wildman–Crippen MR) is 157 cm³/mol. The Morgan fingerprint density at radius 3 is 2.26 bits per heavy atom. The SMILES string of the molecule is CC(C)[C@@H](C)C=C[C@@H](C)[C@H]1CC[C@H]2C3=CC=C4C[C@@H](O)CC[C@@]4(C)[C@@H]3CC[C@]12C.O=C(O)c1ccccc1. The Balaban J connectivity index is 0.000000317. The second-order valence-corrected chi connectivity index (χ2v) is 13.5. The Morgan fingerprint density at radius 1 is 0.921 bits per heavy atom. The molecule has 1 aromatic rings. The Kier molecular flexibility index (Phi) is 8.77. The van der Waals surface area contributed by atoms with Crippen molar-refractivity contribution >= 4 is 5.97 Å². The number of carboxylic acids is 1. The number of aliphatic hydroxyl groups is 1. The highest BCUT2D eigenvalue weighted by molar-refractivity contribution is 5.87. The summed E-state index contributed by atoms with van der Waals surface area (Å²) in [6.07, 6.45) is 18.4. The van der Waals surface area contributed by atoms with E-state index in [-0.39, 0.29) is 6.10 Å². The molecule has 208 valence electrons. The van der Waals surface area contributed by atoms with Gasteiger partial charge in [-0.2, -0.15) is 0 Å². The summed E-state index contributed by atoms with van der Waals surface area (Å²) in [5, 5.41) is 18.6. The lowest BCUT2D eigenvalue weighted by Gasteiger charge is -2.55. The van der Waals surface area contributed by atoms with Crippen LogP contribution in [0, 0.1) is 46.3 Å². The van der Waals surface area contributed by atoms with Crippen LogP contribution in [0.25, 0.3) is 0 Å². The number of allylic oxidation sites excluding steroid dienone is 5. The van der Waals surface area contributed by atoms with Crippen molar-refractivity contribution in [3.63, 3.8) is 0 Å². The fourth-order valence-electron chi connectivity index (χ4n) is 8.18. The lowest BCUT2D eigenvalue weighted by atomic mass is 9.50. The van der Waals surface area contributed by atoms with Crippen LogP contribution in [0.4, 0.5) is 0 Å². The van der Waals surface area contributed by atoms with E-state index in [0.29, 0.717) is 28.2 Å². The zero-order valence-corrected chi connectivity index (χ0v) is 24.5. The lowest BCUT2D eigenvalue weighted by molar-refractivity contribution is 0.0382. The summed E-state index contributed by atoms with van der Waals surface area (Å²) in [7, 11) is 0. The zero-order valence-electron chi connectivity index (χ0n) is 24.5. The first-order chi connectivity index (χ1) is 18.0. The molecule has 8 atom stereocenters. The van der Waals surface area contributed by atoms with E-state index in [4.69, 9.17) is 5.11 Å². The van der Waals surface area contributed by atoms with Gasteiger partial charge in [0.25, 0.3) is 0 Å². The van der Waals surface area contributed by atoms with E-state index in [1.165, 1.54) is 37.7 Å². The van der Waals surface area contributed by atoms with Gasteiger partial charge in [-0.3, -0.25) is 0 Å². The monoisotopic (exact) mass is 518 g/mol. The van der Waals surface area contributed by atoms with Crippen LogP contribution in [0.5, 0.6) is 0 Å². The van der Waals surface area contributed by atoms with Crippen LogP contribution < -0.4 is 0 Å². The maximum Gasteiger partial charge on any atom is 0.335 e. The normalized spacial score (nSPS) is 35.7. The molecule has 4 aliphatic rings. The van der Waals surface area contributed by atoms with Crippen LogP contribution >= 0.6 is 0 Å². The summed E-state index contributed by atoms with van der Waals surface area (Å²) in [6.45, 7) is 14.6. The largest absolute Gasteiger partial charge is 0.478 e. The highest BCUT2D eigenvalue weighted by atomic mass is 16.4. The Labute approximate surface area is 231 Å². The standard InChI is InChI=1S/C28H44O.C7H6O2/c1-18(2)19(3)7-8-20(4)24-11-12-25-23-10-9-21-17-22(29)13-15-27(21,5)26(23)14-16-28(24,25)6;8-7(9)6-4-2-1-3-5-6/h7-10,18-20,22,24-26,29H,11-17H2,1-6H3;1-5H,(H,8,9)/t19-,20+,22-,24+,25-,26+,27+,28+;/m0./s1. The van der Waals surface area contributed by atoms with Crippen molar-refractivity contribution in [1.29, 1.82) is 0 Å². The molecule has 0 bridgehead atoms. The minimum atomic E-state index is -0.879. The van der Waals surface area contributed by atoms with E-state index < -0.39 is 5.97 Å². The van der Waals surface area contributed by atoms with Crippen LogP contribution in [-0.2, 0) is 0 Å². The minimum absolute atomic E-state index is 0.116. The maximum absolute atomic E-state index is 10.2. The summed E-state index contributed by atoms with van der Waals surface area (Å²) in [4.78, 5) is 10.2. The summed E-state index contributed by atoms with van der Waals surface area (Å²) in [5.74, 6) is 3.50. The van der Waals surface area contributed by atoms with Crippen molar-refractivity contribution in [2.75, 3.05) is 0 Å². The third-order valence-electron chi connectivity index (χ3n) is 11.0. The van der Waals surface area contributed by atoms with Gasteiger partial charge < -0.3 is 10.2 Å². The van der Waals surface area contributed by atoms with Gasteiger partial charge in [-0.25, -0.2) is 4.79 Å². The van der Waals surface area contributed by atoms with E-state index in [0.717, 1.165) is 36.5 Å². The molecule has 3 heteroatoms. The smallest absolute Gasteiger partial charge is 0.335 e. The van der Waals surface area contributed by atoms with Gasteiger partial charge in [-0.1, -0.05) is 95.2 Å². The quantitative estimate of drug-likeness (QED) is 0.383. The minimum Gasteiger partial charge on any atom is -0.478 e. The highest BCUT2D eigenvalue weighted by Gasteiger charge is 2.56. The van der Waals surface area contributed by atoms with Crippen LogP contribution in [0.3, 0.4) is 0 Å². The van der Waals surface area contributed by atoms with Gasteiger partial charge in [0.05, 0.1) is 11.7 Å². The van der Waals surface area contributed by atoms with Crippen molar-refractivity contribution in [2.24, 2.45) is 46.3 Å². The zero-order chi connectivity index (χ0) is 27.7. The average Bonchev–Trinajstić information content (AvgIpc) is 3.25. The number of carboxylic acid groups (broad SMARTS) is 1. The van der Waals surface area contributed by atoms with Crippen LogP contribution in [0.2, 0.25) is 0 Å². The van der Waals surface area contributed by atoms with Crippen molar-refractivity contribution in [2.45, 2.75) is 92.6 Å². The van der Waals surface area contributed by atoms with E-state index in [1.807, 2.05) is 0 Å². The molecule has 0 aliphatic heterocycles. The maximum atomic E-state index is 10.2. The van der Waals surface area contributed by atoms with E-state index in [9.17, 15) is 9.90 Å². The first kappa shape index (κ1) is 28.9. The first-order valence-electron chi connectivity index (χ1n) is 15.0. The van der Waals surface area contributed by atoms with E-state index in [1.54, 1.807) is 35.9 Å². The Bertz CT molecular complexity index is 1070. The first-order valence-corrected chi connectivity index (χ1v) is 15.0. The second kappa shape index (κ2) is 11.5. The molecule has 0 unspecified atom stereocenters. The average molecular weight is 519 g/mol. The van der Waals surface area contributed by atoms with Gasteiger partial charge in [-0.05, 0) is 103 Å². The van der Waals surface area contributed by atoms with Crippen molar-refractivity contribution in [3.05, 3.63) is 71.3 Å². The molecule has 4 aliphatic carbocycles. The molecule has 5 rings (SSSR count). The van der Waals surface area contributed by atoms with E-state index in [2.05, 4.69) is 65.8 Å². The Morgan fingerprint density at radius 2 is 1.63 bits per heavy atom. The molecule has 0 aromatic heterocycles. The van der Waals surface area contributed by atoms with Gasteiger partial charge in [0, 0.05) is 0 Å². The second-order valence-electron chi connectivity index (χ2n) is 13.5. The number of fused-ring (bicyclic) bond motifs is 5. The fourth-order valence-corrected chi connectivity index (χ4v) is 8.18. The molecule has 0 saturated heterocycles. The summed E-state index contributed by atoms with van der Waals surface area (Å²) >= 11 is 0. The topological polar surface area (TPSA) is 57.5 Å². The summed E-state index contributed by atoms with van der Waals surface area (Å²) < 4.78 is 0. The van der Waals surface area contributed by atoms with Crippen molar-refractivity contribution < 1.29 is 15.0 Å². The van der Waals surface area contributed by atoms with Crippen LogP contribution in [0.15, 0.2) is 65.8 Å². The number of aromatic carboxylic acids is 1. The molecule has 0 spiro atoms. The number of rotatable bonds is 5. The molecule has 0 amide bonds. The van der Waals surface area contributed by atoms with Gasteiger partial charge in [0.15, 0.2) is 0 Å². The van der Waals surface area contributed by atoms with Gasteiger partial charge >= 0.3 is 5.97 Å². The highest BCUT2D eigenvalue weighted by Crippen LogP contribution is 2.66. The molecular weight excluding hydrogens is 468 g/mol. The number of aliphatic hydroxyl groups excluding tert-OH is 1. The van der Waals surface area contributed by atoms with Gasteiger partial charge in [0.2, 0.25) is 0 Å². The molecule has 3 nitrogen and oxygen atoms in total. The number of hydrogen-bond donors (Lipinski definition) is 2. The lowest BCUT2D eigenvalue weighted by Crippen LogP contribution is -2.46. The van der Waals surface area contributed by atoms with Crippen molar-refractivity contribution in [3.8, 4) is 0 Å². The predicted octanol–water partition coefficient (Wildman–Crippen LogP) is 8.72. The van der Waals surface area contributed by atoms with Crippen LogP contribution in [-0.4, -0.2) is 22.3 Å².